The van der Waals surface area contributed by atoms with E-state index in [1.165, 1.54) is 4.57 Å². The van der Waals surface area contributed by atoms with Crippen molar-refractivity contribution in [3.63, 3.8) is 0 Å². The fourth-order valence-corrected chi connectivity index (χ4v) is 2.03. The van der Waals surface area contributed by atoms with Crippen molar-refractivity contribution in [2.24, 2.45) is 0 Å². The number of rotatable bonds is 5. The van der Waals surface area contributed by atoms with Crippen LogP contribution in [-0.2, 0) is 6.54 Å². The molecular formula is C14H18N4O3. The molecule has 0 saturated heterocycles. The van der Waals surface area contributed by atoms with Gasteiger partial charge in [0, 0.05) is 19.6 Å². The molecule has 0 bridgehead atoms. The van der Waals surface area contributed by atoms with Crippen LogP contribution in [0.1, 0.15) is 13.3 Å². The van der Waals surface area contributed by atoms with Crippen molar-refractivity contribution in [3.05, 3.63) is 45.0 Å². The predicted molar refractivity (Wildman–Crippen MR) is 80.5 cm³/mol. The summed E-state index contributed by atoms with van der Waals surface area (Å²) in [4.78, 5) is 37.5. The van der Waals surface area contributed by atoms with Crippen molar-refractivity contribution in [2.45, 2.75) is 19.9 Å². The molecule has 2 rings (SSSR count). The zero-order valence-corrected chi connectivity index (χ0v) is 11.8. The number of fused-ring (bicyclic) bond motifs is 1. The zero-order valence-electron chi connectivity index (χ0n) is 11.8. The van der Waals surface area contributed by atoms with Crippen molar-refractivity contribution in [3.8, 4) is 0 Å². The number of aromatic nitrogens is 2. The van der Waals surface area contributed by atoms with Crippen LogP contribution < -0.4 is 21.8 Å². The number of hydrogen-bond acceptors (Lipinski definition) is 3. The largest absolute Gasteiger partial charge is 0.338 e. The minimum atomic E-state index is -0.663. The third-order valence-electron chi connectivity index (χ3n) is 3.04. The maximum absolute atomic E-state index is 11.9. The summed E-state index contributed by atoms with van der Waals surface area (Å²) in [6.45, 7) is 3.06. The van der Waals surface area contributed by atoms with Crippen LogP contribution >= 0.6 is 0 Å². The lowest BCUT2D eigenvalue weighted by Gasteiger charge is -2.10. The van der Waals surface area contributed by atoms with Crippen molar-refractivity contribution >= 4 is 17.1 Å². The summed E-state index contributed by atoms with van der Waals surface area (Å²) in [5.74, 6) is 0. The highest BCUT2D eigenvalue weighted by Crippen LogP contribution is 2.06. The van der Waals surface area contributed by atoms with E-state index in [0.717, 1.165) is 6.42 Å². The van der Waals surface area contributed by atoms with Crippen molar-refractivity contribution < 1.29 is 4.79 Å². The van der Waals surface area contributed by atoms with Crippen LogP contribution in [0.15, 0.2) is 33.9 Å². The van der Waals surface area contributed by atoms with Gasteiger partial charge in [-0.2, -0.15) is 0 Å². The molecule has 0 atom stereocenters. The smallest absolute Gasteiger partial charge is 0.316 e. The molecule has 0 saturated carbocycles. The van der Waals surface area contributed by atoms with E-state index in [2.05, 4.69) is 15.6 Å². The lowest BCUT2D eigenvalue weighted by Crippen LogP contribution is -2.41. The maximum atomic E-state index is 11.9. The molecule has 1 aromatic carbocycles. The first-order chi connectivity index (χ1) is 10.1. The van der Waals surface area contributed by atoms with Crippen LogP contribution in [0.4, 0.5) is 4.79 Å². The average molecular weight is 290 g/mol. The van der Waals surface area contributed by atoms with Gasteiger partial charge in [-0.1, -0.05) is 19.1 Å². The maximum Gasteiger partial charge on any atom is 0.316 e. The summed E-state index contributed by atoms with van der Waals surface area (Å²) in [6.07, 6.45) is 0.853. The number of H-pyrrole nitrogens is 1. The van der Waals surface area contributed by atoms with E-state index < -0.39 is 11.1 Å². The van der Waals surface area contributed by atoms with Crippen molar-refractivity contribution in [1.29, 1.82) is 0 Å². The first kappa shape index (κ1) is 14.8. The first-order valence-electron chi connectivity index (χ1n) is 6.87. The van der Waals surface area contributed by atoms with E-state index in [-0.39, 0.29) is 19.1 Å². The molecule has 0 spiro atoms. The second kappa shape index (κ2) is 6.74. The van der Waals surface area contributed by atoms with Gasteiger partial charge in [-0.05, 0) is 18.6 Å². The highest BCUT2D eigenvalue weighted by molar-refractivity contribution is 5.74. The van der Waals surface area contributed by atoms with E-state index in [1.54, 1.807) is 24.3 Å². The molecule has 112 valence electrons. The highest BCUT2D eigenvalue weighted by Gasteiger charge is 2.07. The van der Waals surface area contributed by atoms with Gasteiger partial charge in [0.05, 0.1) is 11.0 Å². The number of nitrogens with zero attached hydrogens (tertiary/aromatic N) is 1. The summed E-state index contributed by atoms with van der Waals surface area (Å²) in [6, 6.07) is 6.78. The van der Waals surface area contributed by atoms with Gasteiger partial charge in [-0.25, -0.2) is 4.79 Å². The molecular weight excluding hydrogens is 272 g/mol. The average Bonchev–Trinajstić information content (AvgIpc) is 2.49. The topological polar surface area (TPSA) is 96.0 Å². The second-order valence-corrected chi connectivity index (χ2v) is 4.61. The molecule has 0 fully saturated rings. The molecule has 7 heteroatoms. The van der Waals surface area contributed by atoms with Gasteiger partial charge in [0.2, 0.25) is 0 Å². The Bertz CT molecular complexity index is 748. The van der Waals surface area contributed by atoms with Crippen molar-refractivity contribution in [2.75, 3.05) is 13.1 Å². The summed E-state index contributed by atoms with van der Waals surface area (Å²) < 4.78 is 1.37. The zero-order chi connectivity index (χ0) is 15.2. The van der Waals surface area contributed by atoms with Crippen LogP contribution in [0.25, 0.3) is 11.0 Å². The number of carbonyl (C=O) groups excluding carboxylic acids is 1. The number of urea groups is 1. The fraction of sp³-hybridized carbons (Fsp3) is 0.357. The lowest BCUT2D eigenvalue weighted by atomic mass is 10.3. The van der Waals surface area contributed by atoms with E-state index in [0.29, 0.717) is 17.6 Å². The third kappa shape index (κ3) is 3.50. The molecule has 1 aromatic heterocycles. The molecule has 0 aliphatic heterocycles. The normalized spacial score (nSPS) is 10.5. The monoisotopic (exact) mass is 290 g/mol. The molecule has 7 nitrogen and oxygen atoms in total. The highest BCUT2D eigenvalue weighted by atomic mass is 16.2. The van der Waals surface area contributed by atoms with Crippen LogP contribution in [0.5, 0.6) is 0 Å². The predicted octanol–water partition coefficient (Wildman–Crippen LogP) is 0.399. The van der Waals surface area contributed by atoms with Gasteiger partial charge in [-0.15, -0.1) is 0 Å². The first-order valence-corrected chi connectivity index (χ1v) is 6.87. The number of hydrogen-bond donors (Lipinski definition) is 3. The number of carbonyl (C=O) groups is 1. The minimum absolute atomic E-state index is 0.239. The molecule has 0 aliphatic carbocycles. The molecule has 0 unspecified atom stereocenters. The van der Waals surface area contributed by atoms with E-state index in [1.807, 2.05) is 6.92 Å². The van der Waals surface area contributed by atoms with Gasteiger partial charge in [0.25, 0.3) is 0 Å². The Hall–Kier alpha value is -2.57. The third-order valence-corrected chi connectivity index (χ3v) is 3.04. The molecule has 3 N–H and O–H groups in total. The van der Waals surface area contributed by atoms with Crippen LogP contribution in [0.3, 0.4) is 0 Å². The summed E-state index contributed by atoms with van der Waals surface area (Å²) in [5, 5.41) is 5.33. The fourth-order valence-electron chi connectivity index (χ4n) is 2.03. The number of benzene rings is 1. The Morgan fingerprint density at radius 1 is 1.19 bits per heavy atom. The van der Waals surface area contributed by atoms with Crippen LogP contribution in [0, 0.1) is 0 Å². The van der Waals surface area contributed by atoms with Gasteiger partial charge in [0.15, 0.2) is 0 Å². The van der Waals surface area contributed by atoms with Gasteiger partial charge >= 0.3 is 17.1 Å². The number of aromatic amines is 1. The lowest BCUT2D eigenvalue weighted by molar-refractivity contribution is 0.240. The molecule has 0 aliphatic rings. The summed E-state index contributed by atoms with van der Waals surface area (Å²) >= 11 is 0. The van der Waals surface area contributed by atoms with Gasteiger partial charge in [0.1, 0.15) is 0 Å². The standard InChI is InChI=1S/C14H18N4O3/c1-2-7-15-14(21)16-8-9-18-11-6-4-3-5-10(11)17-12(19)13(18)20/h3-6H,2,7-9H2,1H3,(H,17,19)(H2,15,16,21). The van der Waals surface area contributed by atoms with E-state index in [9.17, 15) is 14.4 Å². The van der Waals surface area contributed by atoms with E-state index >= 15 is 0 Å². The summed E-state index contributed by atoms with van der Waals surface area (Å²) in [5.41, 5.74) is -0.0519. The Balaban J connectivity index is 2.15. The summed E-state index contributed by atoms with van der Waals surface area (Å²) in [7, 11) is 0. The Morgan fingerprint density at radius 3 is 2.67 bits per heavy atom. The second-order valence-electron chi connectivity index (χ2n) is 4.61. The van der Waals surface area contributed by atoms with E-state index in [4.69, 9.17) is 0 Å². The number of amides is 2. The minimum Gasteiger partial charge on any atom is -0.338 e. The molecule has 2 amide bonds. The van der Waals surface area contributed by atoms with Crippen molar-refractivity contribution in [1.82, 2.24) is 20.2 Å². The quantitative estimate of drug-likeness (QED) is 0.695. The molecule has 2 aromatic rings. The van der Waals surface area contributed by atoms with Gasteiger partial charge in [-0.3, -0.25) is 9.59 Å². The van der Waals surface area contributed by atoms with Crippen LogP contribution in [-0.4, -0.2) is 28.7 Å². The molecule has 1 heterocycles. The molecule has 21 heavy (non-hydrogen) atoms. The SMILES string of the molecule is CCCNC(=O)NCCn1c(=O)c(=O)[nH]c2ccccc21. The Morgan fingerprint density at radius 2 is 1.90 bits per heavy atom. The van der Waals surface area contributed by atoms with Crippen LogP contribution in [0.2, 0.25) is 0 Å². The Kier molecular flexibility index (Phi) is 4.76. The number of nitrogens with one attached hydrogen (secondary N) is 3. The van der Waals surface area contributed by atoms with Gasteiger partial charge < -0.3 is 20.2 Å². The Labute approximate surface area is 121 Å². The molecule has 0 radical (unpaired) electrons. The number of para-hydroxylation sites is 2.